The Bertz CT molecular complexity index is 482. The molecular formula is C16H24N2O3. The predicted octanol–water partition coefficient (Wildman–Crippen LogP) is 1.70. The van der Waals surface area contributed by atoms with Crippen LogP contribution in [-0.4, -0.2) is 53.3 Å². The zero-order valence-corrected chi connectivity index (χ0v) is 12.8. The number of piperidine rings is 1. The lowest BCUT2D eigenvalue weighted by Gasteiger charge is -2.32. The Morgan fingerprint density at radius 1 is 1.38 bits per heavy atom. The molecule has 1 aliphatic heterocycles. The van der Waals surface area contributed by atoms with Gasteiger partial charge < -0.3 is 14.7 Å². The molecule has 2 rings (SSSR count). The first-order valence-corrected chi connectivity index (χ1v) is 7.58. The van der Waals surface area contributed by atoms with Crippen molar-refractivity contribution in [3.8, 4) is 0 Å². The van der Waals surface area contributed by atoms with E-state index in [0.29, 0.717) is 18.6 Å². The van der Waals surface area contributed by atoms with Crippen LogP contribution in [0.3, 0.4) is 0 Å². The highest BCUT2D eigenvalue weighted by Gasteiger charge is 2.25. The third-order valence-electron chi connectivity index (χ3n) is 3.84. The van der Waals surface area contributed by atoms with Gasteiger partial charge in [0.05, 0.1) is 17.4 Å². The Kier molecular flexibility index (Phi) is 5.70. The summed E-state index contributed by atoms with van der Waals surface area (Å²) in [6.07, 6.45) is 2.59. The third kappa shape index (κ3) is 4.25. The highest BCUT2D eigenvalue weighted by Crippen LogP contribution is 2.18. The van der Waals surface area contributed by atoms with Crippen molar-refractivity contribution in [1.82, 2.24) is 9.88 Å². The monoisotopic (exact) mass is 292 g/mol. The lowest BCUT2D eigenvalue weighted by molar-refractivity contribution is 0.00395. The van der Waals surface area contributed by atoms with E-state index in [1.165, 1.54) is 0 Å². The smallest absolute Gasteiger partial charge is 0.255 e. The lowest BCUT2D eigenvalue weighted by atomic mass is 10.1. The van der Waals surface area contributed by atoms with Gasteiger partial charge in [0.15, 0.2) is 0 Å². The zero-order chi connectivity index (χ0) is 15.2. The number of aliphatic hydroxyl groups is 1. The highest BCUT2D eigenvalue weighted by atomic mass is 16.5. The van der Waals surface area contributed by atoms with Crippen LogP contribution in [0.25, 0.3) is 0 Å². The first kappa shape index (κ1) is 15.9. The van der Waals surface area contributed by atoms with E-state index in [4.69, 9.17) is 9.84 Å². The van der Waals surface area contributed by atoms with E-state index in [1.54, 1.807) is 0 Å². The van der Waals surface area contributed by atoms with Crippen molar-refractivity contribution in [2.45, 2.75) is 39.2 Å². The maximum atomic E-state index is 12.5. The molecule has 5 nitrogen and oxygen atoms in total. The van der Waals surface area contributed by atoms with Crippen molar-refractivity contribution in [2.75, 3.05) is 26.3 Å². The molecule has 1 aromatic heterocycles. The molecule has 21 heavy (non-hydrogen) atoms. The van der Waals surface area contributed by atoms with Gasteiger partial charge in [0.1, 0.15) is 0 Å². The maximum absolute atomic E-state index is 12.5. The van der Waals surface area contributed by atoms with Crippen LogP contribution in [0.15, 0.2) is 12.1 Å². The topological polar surface area (TPSA) is 62.7 Å². The van der Waals surface area contributed by atoms with Crippen LogP contribution in [0.4, 0.5) is 0 Å². The van der Waals surface area contributed by atoms with Crippen molar-refractivity contribution in [3.05, 3.63) is 29.1 Å². The van der Waals surface area contributed by atoms with Gasteiger partial charge >= 0.3 is 0 Å². The van der Waals surface area contributed by atoms with E-state index in [-0.39, 0.29) is 18.6 Å². The van der Waals surface area contributed by atoms with Crippen LogP contribution < -0.4 is 0 Å². The predicted molar refractivity (Wildman–Crippen MR) is 80.3 cm³/mol. The molecule has 2 heterocycles. The molecule has 1 aromatic rings. The van der Waals surface area contributed by atoms with Crippen molar-refractivity contribution >= 4 is 5.91 Å². The molecule has 0 aromatic carbocycles. The van der Waals surface area contributed by atoms with Gasteiger partial charge in [-0.25, -0.2) is 0 Å². The minimum atomic E-state index is 0.0637. The van der Waals surface area contributed by atoms with E-state index >= 15 is 0 Å². The molecule has 0 unspecified atom stereocenters. The minimum Gasteiger partial charge on any atom is -0.396 e. The average molecular weight is 292 g/mol. The van der Waals surface area contributed by atoms with Crippen LogP contribution in [0.5, 0.6) is 0 Å². The van der Waals surface area contributed by atoms with Crippen LogP contribution in [-0.2, 0) is 4.74 Å². The summed E-state index contributed by atoms with van der Waals surface area (Å²) in [6.45, 7) is 6.00. The SMILES string of the molecule is Cc1ccc(C(=O)N2CCC(OCCCO)CC2)c(C)n1. The van der Waals surface area contributed by atoms with E-state index in [9.17, 15) is 4.79 Å². The minimum absolute atomic E-state index is 0.0637. The molecule has 1 saturated heterocycles. The number of carbonyl (C=O) groups is 1. The Labute approximate surface area is 125 Å². The first-order valence-electron chi connectivity index (χ1n) is 7.58. The number of ether oxygens (including phenoxy) is 1. The molecule has 1 amide bonds. The molecule has 1 aliphatic rings. The van der Waals surface area contributed by atoms with E-state index in [2.05, 4.69) is 4.98 Å². The van der Waals surface area contributed by atoms with Gasteiger partial charge in [0, 0.05) is 32.0 Å². The second-order valence-electron chi connectivity index (χ2n) is 5.53. The average Bonchev–Trinajstić information content (AvgIpc) is 2.48. The molecule has 0 spiro atoms. The number of aliphatic hydroxyl groups excluding tert-OH is 1. The quantitative estimate of drug-likeness (QED) is 0.839. The lowest BCUT2D eigenvalue weighted by Crippen LogP contribution is -2.41. The van der Waals surface area contributed by atoms with Gasteiger partial charge in [-0.2, -0.15) is 0 Å². The van der Waals surface area contributed by atoms with Gasteiger partial charge in [-0.1, -0.05) is 0 Å². The van der Waals surface area contributed by atoms with Gasteiger partial charge in [0.2, 0.25) is 0 Å². The summed E-state index contributed by atoms with van der Waals surface area (Å²) in [5, 5.41) is 8.74. The molecule has 0 radical (unpaired) electrons. The molecule has 0 aliphatic carbocycles. The Morgan fingerprint density at radius 2 is 2.10 bits per heavy atom. The second-order valence-corrected chi connectivity index (χ2v) is 5.53. The first-order chi connectivity index (χ1) is 10.1. The maximum Gasteiger partial charge on any atom is 0.255 e. The normalized spacial score (nSPS) is 16.2. The van der Waals surface area contributed by atoms with Gasteiger partial charge in [-0.15, -0.1) is 0 Å². The van der Waals surface area contributed by atoms with Crippen molar-refractivity contribution in [1.29, 1.82) is 0 Å². The number of nitrogens with zero attached hydrogens (tertiary/aromatic N) is 2. The number of amides is 1. The van der Waals surface area contributed by atoms with Crippen LogP contribution in [0.1, 0.15) is 41.0 Å². The van der Waals surface area contributed by atoms with Gasteiger partial charge in [-0.3, -0.25) is 9.78 Å². The zero-order valence-electron chi connectivity index (χ0n) is 12.8. The number of carbonyl (C=O) groups excluding carboxylic acids is 1. The number of hydrogen-bond acceptors (Lipinski definition) is 4. The molecule has 0 saturated carbocycles. The molecular weight excluding hydrogens is 268 g/mol. The summed E-state index contributed by atoms with van der Waals surface area (Å²) in [7, 11) is 0. The summed E-state index contributed by atoms with van der Waals surface area (Å²) >= 11 is 0. The fourth-order valence-corrected chi connectivity index (χ4v) is 2.62. The van der Waals surface area contributed by atoms with Gasteiger partial charge in [0.25, 0.3) is 5.91 Å². The number of rotatable bonds is 5. The third-order valence-corrected chi connectivity index (χ3v) is 3.84. The van der Waals surface area contributed by atoms with E-state index in [0.717, 1.165) is 37.3 Å². The summed E-state index contributed by atoms with van der Waals surface area (Å²) in [5.41, 5.74) is 2.42. The summed E-state index contributed by atoms with van der Waals surface area (Å²) < 4.78 is 5.69. The Morgan fingerprint density at radius 3 is 2.71 bits per heavy atom. The second kappa shape index (κ2) is 7.52. The number of pyridine rings is 1. The van der Waals surface area contributed by atoms with Crippen LogP contribution in [0.2, 0.25) is 0 Å². The van der Waals surface area contributed by atoms with Crippen LogP contribution in [0, 0.1) is 13.8 Å². The molecule has 116 valence electrons. The van der Waals surface area contributed by atoms with Gasteiger partial charge in [-0.05, 0) is 45.2 Å². The van der Waals surface area contributed by atoms with E-state index in [1.807, 2.05) is 30.9 Å². The molecule has 1 fully saturated rings. The van der Waals surface area contributed by atoms with Crippen molar-refractivity contribution in [3.63, 3.8) is 0 Å². The largest absolute Gasteiger partial charge is 0.396 e. The Balaban J connectivity index is 1.88. The number of hydrogen-bond donors (Lipinski definition) is 1. The molecule has 0 bridgehead atoms. The van der Waals surface area contributed by atoms with Crippen molar-refractivity contribution < 1.29 is 14.6 Å². The number of likely N-dealkylation sites (tertiary alicyclic amines) is 1. The number of aryl methyl sites for hydroxylation is 2. The van der Waals surface area contributed by atoms with E-state index < -0.39 is 0 Å². The molecule has 5 heteroatoms. The van der Waals surface area contributed by atoms with Crippen molar-refractivity contribution in [2.24, 2.45) is 0 Å². The summed E-state index contributed by atoms with van der Waals surface area (Å²) in [4.78, 5) is 18.7. The molecule has 1 N–H and O–H groups in total. The summed E-state index contributed by atoms with van der Waals surface area (Å²) in [6, 6.07) is 3.74. The fraction of sp³-hybridized carbons (Fsp3) is 0.625. The summed E-state index contributed by atoms with van der Waals surface area (Å²) in [5.74, 6) is 0.0637. The fourth-order valence-electron chi connectivity index (χ4n) is 2.62. The standard InChI is InChI=1S/C16H24N2O3/c1-12-4-5-15(13(2)17-12)16(20)18-8-6-14(7-9-18)21-11-3-10-19/h4-5,14,19H,3,6-11H2,1-2H3. The molecule has 0 atom stereocenters. The Hall–Kier alpha value is -1.46. The van der Waals surface area contributed by atoms with Crippen LogP contribution >= 0.6 is 0 Å². The number of aromatic nitrogens is 1. The highest BCUT2D eigenvalue weighted by molar-refractivity contribution is 5.95.